The summed E-state index contributed by atoms with van der Waals surface area (Å²) in [6.07, 6.45) is 0.611. The molecule has 2 amide bonds. The summed E-state index contributed by atoms with van der Waals surface area (Å²) in [5.41, 5.74) is 0.0100. The lowest BCUT2D eigenvalue weighted by atomic mass is 10.1. The number of carbonyl (C=O) groups is 3. The van der Waals surface area contributed by atoms with Crippen molar-refractivity contribution in [1.29, 1.82) is 0 Å². The quantitative estimate of drug-likeness (QED) is 0.627. The Bertz CT molecular complexity index is 893. The van der Waals surface area contributed by atoms with Crippen molar-refractivity contribution >= 4 is 28.6 Å². The molecule has 0 saturated carbocycles. The number of amides is 2. The van der Waals surface area contributed by atoms with Gasteiger partial charge in [-0.05, 0) is 12.5 Å². The predicted octanol–water partition coefficient (Wildman–Crippen LogP) is -0.00660. The van der Waals surface area contributed by atoms with Crippen LogP contribution in [0.1, 0.15) is 19.0 Å². The summed E-state index contributed by atoms with van der Waals surface area (Å²) in [6, 6.07) is 6.77. The molecule has 0 aliphatic carbocycles. The van der Waals surface area contributed by atoms with Crippen LogP contribution in [-0.4, -0.2) is 59.6 Å². The van der Waals surface area contributed by atoms with Gasteiger partial charge in [-0.3, -0.25) is 19.2 Å². The summed E-state index contributed by atoms with van der Waals surface area (Å²) >= 11 is 0. The van der Waals surface area contributed by atoms with Gasteiger partial charge in [0.2, 0.25) is 5.91 Å². The molecule has 9 heteroatoms. The first-order valence-corrected chi connectivity index (χ1v) is 8.55. The molecular weight excluding hydrogens is 352 g/mol. The van der Waals surface area contributed by atoms with E-state index in [1.807, 2.05) is 6.92 Å². The van der Waals surface area contributed by atoms with Gasteiger partial charge in [0.15, 0.2) is 6.61 Å². The van der Waals surface area contributed by atoms with Gasteiger partial charge in [0.25, 0.3) is 11.5 Å². The number of carbonyl (C=O) groups excluding carboxylic acids is 3. The maximum absolute atomic E-state index is 12.0. The molecule has 2 rings (SSSR count). The SMILES string of the molecule is CCCNC(=O)CN(C)C(=O)COC(=O)Cc1n[nH]c(=O)c2ccccc12. The van der Waals surface area contributed by atoms with Gasteiger partial charge in [0.1, 0.15) is 0 Å². The lowest BCUT2D eigenvalue weighted by Crippen LogP contribution is -2.40. The van der Waals surface area contributed by atoms with Gasteiger partial charge < -0.3 is 15.0 Å². The van der Waals surface area contributed by atoms with E-state index < -0.39 is 18.5 Å². The molecule has 27 heavy (non-hydrogen) atoms. The van der Waals surface area contributed by atoms with Crippen molar-refractivity contribution in [2.75, 3.05) is 26.7 Å². The van der Waals surface area contributed by atoms with Crippen molar-refractivity contribution < 1.29 is 19.1 Å². The average molecular weight is 374 g/mol. The molecule has 144 valence electrons. The van der Waals surface area contributed by atoms with Crippen molar-refractivity contribution in [2.45, 2.75) is 19.8 Å². The van der Waals surface area contributed by atoms with E-state index >= 15 is 0 Å². The fraction of sp³-hybridized carbons (Fsp3) is 0.389. The highest BCUT2D eigenvalue weighted by Gasteiger charge is 2.16. The number of nitrogens with zero attached hydrogens (tertiary/aromatic N) is 2. The highest BCUT2D eigenvalue weighted by atomic mass is 16.5. The third-order valence-corrected chi connectivity index (χ3v) is 3.82. The summed E-state index contributed by atoms with van der Waals surface area (Å²) in [5.74, 6) is -1.42. The van der Waals surface area contributed by atoms with E-state index in [1.54, 1.807) is 24.3 Å². The molecule has 0 spiro atoms. The molecule has 0 bridgehead atoms. The standard InChI is InChI=1S/C18H22N4O5/c1-3-8-19-15(23)10-22(2)16(24)11-27-17(25)9-14-12-6-4-5-7-13(12)18(26)21-20-14/h4-7H,3,8-11H2,1-2H3,(H,19,23)(H,21,26). The topological polar surface area (TPSA) is 121 Å². The van der Waals surface area contributed by atoms with E-state index in [9.17, 15) is 19.2 Å². The number of likely N-dealkylation sites (N-methyl/N-ethyl adjacent to an activating group) is 1. The van der Waals surface area contributed by atoms with Crippen LogP contribution in [0.25, 0.3) is 10.8 Å². The van der Waals surface area contributed by atoms with Gasteiger partial charge in [-0.1, -0.05) is 25.1 Å². The fourth-order valence-corrected chi connectivity index (χ4v) is 2.37. The van der Waals surface area contributed by atoms with Crippen LogP contribution in [0.5, 0.6) is 0 Å². The van der Waals surface area contributed by atoms with E-state index in [1.165, 1.54) is 11.9 Å². The number of hydrogen-bond donors (Lipinski definition) is 2. The van der Waals surface area contributed by atoms with E-state index in [2.05, 4.69) is 15.5 Å². The second-order valence-corrected chi connectivity index (χ2v) is 5.98. The molecule has 1 aromatic carbocycles. The van der Waals surface area contributed by atoms with Crippen LogP contribution in [0.4, 0.5) is 0 Å². The number of aromatic amines is 1. The van der Waals surface area contributed by atoms with Crippen molar-refractivity contribution in [3.8, 4) is 0 Å². The van der Waals surface area contributed by atoms with E-state index in [0.29, 0.717) is 23.0 Å². The molecule has 0 unspecified atom stereocenters. The third kappa shape index (κ3) is 5.63. The number of fused-ring (bicyclic) bond motifs is 1. The zero-order valence-electron chi connectivity index (χ0n) is 15.3. The molecule has 0 aliphatic heterocycles. The molecule has 1 heterocycles. The summed E-state index contributed by atoms with van der Waals surface area (Å²) in [5, 5.41) is 9.86. The zero-order chi connectivity index (χ0) is 19.8. The number of nitrogens with one attached hydrogen (secondary N) is 2. The Morgan fingerprint density at radius 3 is 2.63 bits per heavy atom. The number of hydrogen-bond acceptors (Lipinski definition) is 6. The maximum Gasteiger partial charge on any atom is 0.312 e. The first-order chi connectivity index (χ1) is 12.9. The van der Waals surface area contributed by atoms with Crippen LogP contribution in [0, 0.1) is 0 Å². The Hall–Kier alpha value is -3.23. The summed E-state index contributed by atoms with van der Waals surface area (Å²) in [7, 11) is 1.46. The van der Waals surface area contributed by atoms with Gasteiger partial charge in [-0.2, -0.15) is 5.10 Å². The zero-order valence-corrected chi connectivity index (χ0v) is 15.3. The largest absolute Gasteiger partial charge is 0.455 e. The van der Waals surface area contributed by atoms with Crippen molar-refractivity contribution in [2.24, 2.45) is 0 Å². The summed E-state index contributed by atoms with van der Waals surface area (Å²) < 4.78 is 4.98. The molecule has 0 atom stereocenters. The number of ether oxygens (including phenoxy) is 1. The van der Waals surface area contributed by atoms with E-state index in [4.69, 9.17) is 4.74 Å². The first kappa shape index (κ1) is 20.1. The van der Waals surface area contributed by atoms with Gasteiger partial charge >= 0.3 is 5.97 Å². The van der Waals surface area contributed by atoms with Gasteiger partial charge in [-0.15, -0.1) is 0 Å². The normalized spacial score (nSPS) is 10.4. The molecule has 0 aliphatic rings. The second-order valence-electron chi connectivity index (χ2n) is 5.98. The van der Waals surface area contributed by atoms with Crippen LogP contribution in [-0.2, 0) is 25.5 Å². The Morgan fingerprint density at radius 2 is 1.93 bits per heavy atom. The van der Waals surface area contributed by atoms with Crippen molar-refractivity contribution in [3.63, 3.8) is 0 Å². The Labute approximate surface area is 155 Å². The van der Waals surface area contributed by atoms with E-state index in [0.717, 1.165) is 6.42 Å². The minimum atomic E-state index is -0.656. The Kier molecular flexibility index (Phi) is 7.04. The Morgan fingerprint density at radius 1 is 1.22 bits per heavy atom. The monoisotopic (exact) mass is 374 g/mol. The first-order valence-electron chi connectivity index (χ1n) is 8.55. The molecular formula is C18H22N4O5. The molecule has 0 saturated heterocycles. The molecule has 2 N–H and O–H groups in total. The minimum absolute atomic E-state index is 0.109. The predicted molar refractivity (Wildman–Crippen MR) is 98.0 cm³/mol. The fourth-order valence-electron chi connectivity index (χ4n) is 2.37. The lowest BCUT2D eigenvalue weighted by Gasteiger charge is -2.16. The van der Waals surface area contributed by atoms with Crippen LogP contribution in [0.15, 0.2) is 29.1 Å². The minimum Gasteiger partial charge on any atom is -0.455 e. The Balaban J connectivity index is 1.89. The number of rotatable bonds is 8. The average Bonchev–Trinajstić information content (AvgIpc) is 2.66. The van der Waals surface area contributed by atoms with Gasteiger partial charge in [0.05, 0.1) is 24.0 Å². The highest BCUT2D eigenvalue weighted by Crippen LogP contribution is 2.13. The van der Waals surface area contributed by atoms with E-state index in [-0.39, 0.29) is 24.4 Å². The summed E-state index contributed by atoms with van der Waals surface area (Å²) in [4.78, 5) is 48.5. The van der Waals surface area contributed by atoms with Crippen molar-refractivity contribution in [1.82, 2.24) is 20.4 Å². The number of H-pyrrole nitrogens is 1. The second kappa shape index (κ2) is 9.46. The lowest BCUT2D eigenvalue weighted by molar-refractivity contribution is -0.151. The number of aromatic nitrogens is 2. The number of benzene rings is 1. The highest BCUT2D eigenvalue weighted by molar-refractivity contribution is 5.88. The summed E-state index contributed by atoms with van der Waals surface area (Å²) in [6.45, 7) is 1.88. The van der Waals surface area contributed by atoms with Crippen LogP contribution in [0.3, 0.4) is 0 Å². The van der Waals surface area contributed by atoms with Crippen LogP contribution < -0.4 is 10.9 Å². The van der Waals surface area contributed by atoms with Crippen molar-refractivity contribution in [3.05, 3.63) is 40.3 Å². The smallest absolute Gasteiger partial charge is 0.312 e. The molecule has 2 aromatic rings. The maximum atomic E-state index is 12.0. The van der Waals surface area contributed by atoms with Gasteiger partial charge in [-0.25, -0.2) is 5.10 Å². The third-order valence-electron chi connectivity index (χ3n) is 3.82. The van der Waals surface area contributed by atoms with Crippen LogP contribution >= 0.6 is 0 Å². The molecule has 9 nitrogen and oxygen atoms in total. The van der Waals surface area contributed by atoms with Gasteiger partial charge in [0, 0.05) is 19.0 Å². The van der Waals surface area contributed by atoms with Crippen LogP contribution in [0.2, 0.25) is 0 Å². The molecule has 0 fully saturated rings. The number of esters is 1. The molecule has 1 aromatic heterocycles. The molecule has 0 radical (unpaired) electrons.